The molecule has 1 rings (SSSR count). The van der Waals surface area contributed by atoms with Gasteiger partial charge in [0.05, 0.1) is 19.1 Å². The van der Waals surface area contributed by atoms with Crippen LogP contribution in [0.4, 0.5) is 0 Å². The average molecular weight is 281 g/mol. The Kier molecular flexibility index (Phi) is 6.31. The van der Waals surface area contributed by atoms with E-state index < -0.39 is 11.4 Å². The van der Waals surface area contributed by atoms with E-state index in [1.54, 1.807) is 19.2 Å². The fraction of sp³-hybridized carbons (Fsp3) is 0.533. The Morgan fingerprint density at radius 3 is 2.45 bits per heavy atom. The van der Waals surface area contributed by atoms with Crippen LogP contribution in [0.2, 0.25) is 0 Å². The van der Waals surface area contributed by atoms with Gasteiger partial charge in [0.2, 0.25) is 0 Å². The van der Waals surface area contributed by atoms with Crippen molar-refractivity contribution in [1.29, 1.82) is 0 Å². The van der Waals surface area contributed by atoms with Gasteiger partial charge in [-0.1, -0.05) is 25.5 Å². The van der Waals surface area contributed by atoms with Crippen molar-refractivity contribution >= 4 is 5.97 Å². The summed E-state index contributed by atoms with van der Waals surface area (Å²) in [7, 11) is 1.57. The lowest BCUT2D eigenvalue weighted by Gasteiger charge is -2.27. The van der Waals surface area contributed by atoms with Gasteiger partial charge >= 0.3 is 5.97 Å². The molecule has 0 aliphatic carbocycles. The average Bonchev–Trinajstić information content (AvgIpc) is 2.46. The number of methoxy groups -OCH3 is 1. The van der Waals surface area contributed by atoms with E-state index in [0.29, 0.717) is 30.9 Å². The lowest BCUT2D eigenvalue weighted by atomic mass is 9.80. The van der Waals surface area contributed by atoms with Crippen LogP contribution in [-0.2, 0) is 4.79 Å². The molecule has 0 amide bonds. The molecule has 112 valence electrons. The van der Waals surface area contributed by atoms with Crippen LogP contribution in [-0.4, -0.2) is 31.3 Å². The maximum absolute atomic E-state index is 11.4. The molecule has 1 atom stereocenters. The second-order valence-corrected chi connectivity index (χ2v) is 4.79. The molecular weight excluding hydrogens is 258 g/mol. The molecule has 0 heterocycles. The number of rotatable bonds is 9. The van der Waals surface area contributed by atoms with Gasteiger partial charge in [0.15, 0.2) is 11.5 Å². The van der Waals surface area contributed by atoms with Gasteiger partial charge in [-0.2, -0.15) is 0 Å². The number of hydrogen-bond acceptors (Lipinski definition) is 4. The summed E-state index contributed by atoms with van der Waals surface area (Å²) in [5.74, 6) is 0.393. The van der Waals surface area contributed by atoms with Crippen LogP contribution in [0.5, 0.6) is 11.5 Å². The number of hydrogen-bond donors (Lipinski definition) is 2. The molecular formula is C15H23NO4. The molecule has 0 aromatic heterocycles. The molecule has 3 N–H and O–H groups in total. The van der Waals surface area contributed by atoms with Crippen LogP contribution < -0.4 is 15.2 Å². The summed E-state index contributed by atoms with van der Waals surface area (Å²) in [6, 6.07) is 7.29. The van der Waals surface area contributed by atoms with Gasteiger partial charge in [-0.05, 0) is 25.0 Å². The zero-order valence-electron chi connectivity index (χ0n) is 12.1. The number of ether oxygens (including phenoxy) is 2. The highest BCUT2D eigenvalue weighted by atomic mass is 16.5. The van der Waals surface area contributed by atoms with Crippen LogP contribution in [0.3, 0.4) is 0 Å². The molecule has 5 heteroatoms. The first kappa shape index (κ1) is 16.3. The van der Waals surface area contributed by atoms with Gasteiger partial charge < -0.3 is 20.3 Å². The van der Waals surface area contributed by atoms with Crippen LogP contribution in [0.1, 0.15) is 26.2 Å². The molecule has 5 nitrogen and oxygen atoms in total. The third-order valence-electron chi connectivity index (χ3n) is 3.48. The van der Waals surface area contributed by atoms with Crippen LogP contribution in [0.25, 0.3) is 0 Å². The van der Waals surface area contributed by atoms with Gasteiger partial charge in [0.1, 0.15) is 0 Å². The molecule has 1 aromatic rings. The quantitative estimate of drug-likeness (QED) is 0.725. The van der Waals surface area contributed by atoms with E-state index >= 15 is 0 Å². The van der Waals surface area contributed by atoms with Crippen molar-refractivity contribution < 1.29 is 19.4 Å². The maximum atomic E-state index is 11.4. The van der Waals surface area contributed by atoms with E-state index in [0.717, 1.165) is 6.42 Å². The number of carbonyl (C=O) groups is 1. The summed E-state index contributed by atoms with van der Waals surface area (Å²) in [4.78, 5) is 11.4. The Bertz CT molecular complexity index is 436. The van der Waals surface area contributed by atoms with Gasteiger partial charge in [0, 0.05) is 6.54 Å². The number of carboxylic acids is 1. The smallest absolute Gasteiger partial charge is 0.311 e. The van der Waals surface area contributed by atoms with Crippen molar-refractivity contribution in [3.63, 3.8) is 0 Å². The number of aliphatic carboxylic acids is 1. The molecule has 0 saturated carbocycles. The molecule has 0 aliphatic rings. The van der Waals surface area contributed by atoms with Gasteiger partial charge in [-0.25, -0.2) is 0 Å². The first-order valence-corrected chi connectivity index (χ1v) is 6.79. The van der Waals surface area contributed by atoms with Gasteiger partial charge in [-0.3, -0.25) is 4.79 Å². The SMILES string of the molecule is CCCC(CN)(CCOc1ccccc1OC)C(=O)O. The van der Waals surface area contributed by atoms with Crippen LogP contribution in [0, 0.1) is 5.41 Å². The van der Waals surface area contributed by atoms with Crippen LogP contribution >= 0.6 is 0 Å². The van der Waals surface area contributed by atoms with Crippen molar-refractivity contribution in [3.05, 3.63) is 24.3 Å². The molecule has 0 bridgehead atoms. The van der Waals surface area contributed by atoms with Crippen molar-refractivity contribution in [2.24, 2.45) is 11.1 Å². The Morgan fingerprint density at radius 2 is 1.95 bits per heavy atom. The first-order valence-electron chi connectivity index (χ1n) is 6.79. The normalized spacial score (nSPS) is 13.6. The molecule has 0 saturated heterocycles. The number of nitrogens with two attached hydrogens (primary N) is 1. The molecule has 0 aliphatic heterocycles. The van der Waals surface area contributed by atoms with E-state index in [9.17, 15) is 9.90 Å². The highest BCUT2D eigenvalue weighted by molar-refractivity contribution is 5.74. The van der Waals surface area contributed by atoms with Crippen molar-refractivity contribution in [2.75, 3.05) is 20.3 Å². The predicted octanol–water partition coefficient (Wildman–Crippen LogP) is 2.29. The Balaban J connectivity index is 2.67. The van der Waals surface area contributed by atoms with Gasteiger partial charge in [0.25, 0.3) is 0 Å². The second-order valence-electron chi connectivity index (χ2n) is 4.79. The largest absolute Gasteiger partial charge is 0.493 e. The molecule has 0 spiro atoms. The fourth-order valence-electron chi connectivity index (χ4n) is 2.20. The van der Waals surface area contributed by atoms with Crippen molar-refractivity contribution in [1.82, 2.24) is 0 Å². The highest BCUT2D eigenvalue weighted by Crippen LogP contribution is 2.30. The lowest BCUT2D eigenvalue weighted by Crippen LogP contribution is -2.39. The summed E-state index contributed by atoms with van der Waals surface area (Å²) >= 11 is 0. The summed E-state index contributed by atoms with van der Waals surface area (Å²) in [5, 5.41) is 9.39. The Labute approximate surface area is 119 Å². The standard InChI is InChI=1S/C15H23NO4/c1-3-8-15(11-16,14(17)18)9-10-20-13-7-5-4-6-12(13)19-2/h4-7H,3,8-11,16H2,1-2H3,(H,17,18). The minimum absolute atomic E-state index is 0.117. The third-order valence-corrected chi connectivity index (χ3v) is 3.48. The Hall–Kier alpha value is -1.75. The molecule has 0 radical (unpaired) electrons. The fourth-order valence-corrected chi connectivity index (χ4v) is 2.20. The summed E-state index contributed by atoms with van der Waals surface area (Å²) in [5.41, 5.74) is 4.76. The maximum Gasteiger partial charge on any atom is 0.311 e. The van der Waals surface area contributed by atoms with Crippen molar-refractivity contribution in [3.8, 4) is 11.5 Å². The zero-order valence-corrected chi connectivity index (χ0v) is 12.1. The minimum Gasteiger partial charge on any atom is -0.493 e. The van der Waals surface area contributed by atoms with Crippen LogP contribution in [0.15, 0.2) is 24.3 Å². The highest BCUT2D eigenvalue weighted by Gasteiger charge is 2.36. The van der Waals surface area contributed by atoms with E-state index in [2.05, 4.69) is 0 Å². The summed E-state index contributed by atoms with van der Waals surface area (Å²) in [6.45, 7) is 2.36. The number of benzene rings is 1. The Morgan fingerprint density at radius 1 is 1.30 bits per heavy atom. The number of carboxylic acid groups (broad SMARTS) is 1. The molecule has 1 aromatic carbocycles. The lowest BCUT2D eigenvalue weighted by molar-refractivity contribution is -0.149. The van der Waals surface area contributed by atoms with E-state index in [-0.39, 0.29) is 6.54 Å². The first-order chi connectivity index (χ1) is 9.59. The summed E-state index contributed by atoms with van der Waals surface area (Å²) in [6.07, 6.45) is 1.71. The van der Waals surface area contributed by atoms with E-state index in [1.165, 1.54) is 0 Å². The van der Waals surface area contributed by atoms with E-state index in [1.807, 2.05) is 19.1 Å². The third kappa shape index (κ3) is 3.87. The van der Waals surface area contributed by atoms with Gasteiger partial charge in [-0.15, -0.1) is 0 Å². The molecule has 1 unspecified atom stereocenters. The number of para-hydroxylation sites is 2. The molecule has 0 fully saturated rings. The zero-order chi connectivity index (χ0) is 15.0. The molecule has 20 heavy (non-hydrogen) atoms. The summed E-state index contributed by atoms with van der Waals surface area (Å²) < 4.78 is 10.8. The topological polar surface area (TPSA) is 81.8 Å². The van der Waals surface area contributed by atoms with Crippen molar-refractivity contribution in [2.45, 2.75) is 26.2 Å². The predicted molar refractivity (Wildman–Crippen MR) is 77.1 cm³/mol. The second kappa shape index (κ2) is 7.75. The van der Waals surface area contributed by atoms with E-state index in [4.69, 9.17) is 15.2 Å². The minimum atomic E-state index is -0.906. The monoisotopic (exact) mass is 281 g/mol.